The van der Waals surface area contributed by atoms with Gasteiger partial charge in [-0.05, 0) is 55.5 Å². The van der Waals surface area contributed by atoms with Crippen LogP contribution in [0.5, 0.6) is 11.5 Å². The Morgan fingerprint density at radius 2 is 1.86 bits per heavy atom. The molecule has 3 aromatic heterocycles. The molecule has 0 bridgehead atoms. The molecule has 11 heteroatoms. The lowest BCUT2D eigenvalue weighted by Crippen LogP contribution is -2.49. The highest BCUT2D eigenvalue weighted by Crippen LogP contribution is 2.36. The number of nitrogens with one attached hydrogen (secondary N) is 1. The maximum absolute atomic E-state index is 13.5. The smallest absolute Gasteiger partial charge is 0.253 e. The number of hydrogen-bond acceptors (Lipinski definition) is 9. The molecule has 1 aromatic carbocycles. The van der Waals surface area contributed by atoms with Crippen LogP contribution < -0.4 is 15.0 Å². The minimum atomic E-state index is -0.413. The first-order valence-corrected chi connectivity index (χ1v) is 12.1. The van der Waals surface area contributed by atoms with Crippen molar-refractivity contribution in [1.82, 2.24) is 35.0 Å². The molecule has 11 nitrogen and oxygen atoms in total. The van der Waals surface area contributed by atoms with Gasteiger partial charge in [-0.15, -0.1) is 5.10 Å². The first kappa shape index (κ1) is 22.7. The van der Waals surface area contributed by atoms with Gasteiger partial charge >= 0.3 is 0 Å². The Morgan fingerprint density at radius 1 is 1.08 bits per heavy atom. The van der Waals surface area contributed by atoms with Gasteiger partial charge in [0, 0.05) is 43.2 Å². The van der Waals surface area contributed by atoms with Crippen molar-refractivity contribution >= 4 is 10.9 Å². The number of tetrazole rings is 1. The van der Waals surface area contributed by atoms with Crippen molar-refractivity contribution in [1.29, 1.82) is 0 Å². The number of fused-ring (bicyclic) bond motifs is 2. The van der Waals surface area contributed by atoms with Gasteiger partial charge in [0.05, 0.1) is 23.9 Å². The number of piperazine rings is 1. The van der Waals surface area contributed by atoms with E-state index in [0.29, 0.717) is 28.4 Å². The molecule has 0 aliphatic carbocycles. The Morgan fingerprint density at radius 3 is 2.58 bits per heavy atom. The molecule has 0 spiro atoms. The summed E-state index contributed by atoms with van der Waals surface area (Å²) in [6.07, 6.45) is 1.70. The van der Waals surface area contributed by atoms with Gasteiger partial charge in [0.1, 0.15) is 11.8 Å². The van der Waals surface area contributed by atoms with Crippen molar-refractivity contribution in [3.05, 3.63) is 64.1 Å². The molecule has 0 amide bonds. The average Bonchev–Trinajstić information content (AvgIpc) is 3.61. The van der Waals surface area contributed by atoms with Crippen molar-refractivity contribution in [3.8, 4) is 11.5 Å². The van der Waals surface area contributed by atoms with Gasteiger partial charge in [0.15, 0.2) is 17.3 Å². The third-order valence-corrected chi connectivity index (χ3v) is 6.77. The van der Waals surface area contributed by atoms with Gasteiger partial charge in [0.2, 0.25) is 6.79 Å². The number of rotatable bonds is 5. The highest BCUT2D eigenvalue weighted by Gasteiger charge is 2.35. The summed E-state index contributed by atoms with van der Waals surface area (Å²) < 4.78 is 18.4. The summed E-state index contributed by atoms with van der Waals surface area (Å²) in [6.45, 7) is 10.3. The molecule has 5 heterocycles. The summed E-state index contributed by atoms with van der Waals surface area (Å²) in [5.41, 5.74) is 0.771. The molecule has 0 radical (unpaired) electrons. The topological polar surface area (TPSA) is 115 Å². The van der Waals surface area contributed by atoms with Crippen molar-refractivity contribution in [2.45, 2.75) is 38.9 Å². The van der Waals surface area contributed by atoms with Crippen molar-refractivity contribution in [2.24, 2.45) is 0 Å². The normalized spacial score (nSPS) is 17.6. The molecule has 2 aliphatic heterocycles. The minimum Gasteiger partial charge on any atom is -0.468 e. The fourth-order valence-corrected chi connectivity index (χ4v) is 4.96. The second-order valence-corrected chi connectivity index (χ2v) is 10.3. The molecular formula is C25H29N7O4. The summed E-state index contributed by atoms with van der Waals surface area (Å²) in [5.74, 6) is 2.89. The Labute approximate surface area is 207 Å². The summed E-state index contributed by atoms with van der Waals surface area (Å²) in [4.78, 5) is 21.2. The Hall–Kier alpha value is -3.70. The molecule has 1 atom stereocenters. The molecule has 36 heavy (non-hydrogen) atoms. The van der Waals surface area contributed by atoms with Crippen molar-refractivity contribution < 1.29 is 13.9 Å². The van der Waals surface area contributed by atoms with Crippen LogP contribution >= 0.6 is 0 Å². The number of H-pyrrole nitrogens is 1. The molecule has 2 aliphatic rings. The zero-order chi connectivity index (χ0) is 24.9. The highest BCUT2D eigenvalue weighted by atomic mass is 16.7. The average molecular weight is 492 g/mol. The van der Waals surface area contributed by atoms with E-state index in [-0.39, 0.29) is 17.9 Å². The summed E-state index contributed by atoms with van der Waals surface area (Å²) in [7, 11) is 0. The van der Waals surface area contributed by atoms with Crippen LogP contribution in [0, 0.1) is 0 Å². The second kappa shape index (κ2) is 8.75. The van der Waals surface area contributed by atoms with Crippen LogP contribution in [0.3, 0.4) is 0 Å². The number of pyridine rings is 1. The number of nitrogens with zero attached hydrogens (tertiary/aromatic N) is 6. The molecule has 1 saturated heterocycles. The molecule has 1 N–H and O–H groups in total. The quantitative estimate of drug-likeness (QED) is 0.450. The SMILES string of the molecule is CC(C)(C)n1nnnc1[C@H](c1cc2cc3c(cc2[nH]c1=O)OCO3)N1CCN(Cc2ccco2)CC1. The van der Waals surface area contributed by atoms with E-state index in [1.54, 1.807) is 6.26 Å². The molecule has 6 rings (SSSR count). The Bertz CT molecular complexity index is 1430. The van der Waals surface area contributed by atoms with E-state index in [0.717, 1.165) is 43.9 Å². The van der Waals surface area contributed by atoms with Gasteiger partial charge in [-0.1, -0.05) is 0 Å². The largest absolute Gasteiger partial charge is 0.468 e. The molecule has 188 valence electrons. The standard InChI is InChI=1S/C25H29N7O4/c1-25(2,3)32-23(27-28-29-32)22(31-8-6-30(7-9-31)14-17-5-4-10-34-17)18-11-16-12-20-21(36-15-35-20)13-19(16)26-24(18)33/h4-5,10-13,22H,6-9,14-15H2,1-3H3,(H,26,33)/t22-/m0/s1. The van der Waals surface area contributed by atoms with E-state index in [1.165, 1.54) is 0 Å². The predicted octanol–water partition coefficient (Wildman–Crippen LogP) is 2.50. The third-order valence-electron chi connectivity index (χ3n) is 6.77. The van der Waals surface area contributed by atoms with Gasteiger partial charge in [0.25, 0.3) is 5.56 Å². The van der Waals surface area contributed by atoms with Crippen LogP contribution in [0.1, 0.15) is 44.0 Å². The van der Waals surface area contributed by atoms with Crippen LogP contribution in [0.25, 0.3) is 10.9 Å². The molecular weight excluding hydrogens is 462 g/mol. The minimum absolute atomic E-state index is 0.173. The number of aromatic amines is 1. The molecule has 0 unspecified atom stereocenters. The molecule has 4 aromatic rings. The Kier molecular flexibility index (Phi) is 5.53. The van der Waals surface area contributed by atoms with Gasteiger partial charge < -0.3 is 18.9 Å². The predicted molar refractivity (Wildman–Crippen MR) is 131 cm³/mol. The van der Waals surface area contributed by atoms with E-state index < -0.39 is 6.04 Å². The zero-order valence-electron chi connectivity index (χ0n) is 20.6. The number of ether oxygens (including phenoxy) is 2. The molecule has 0 saturated carbocycles. The van der Waals surface area contributed by atoms with Crippen molar-refractivity contribution in [2.75, 3.05) is 33.0 Å². The number of aromatic nitrogens is 5. The van der Waals surface area contributed by atoms with E-state index in [9.17, 15) is 4.79 Å². The first-order chi connectivity index (χ1) is 17.4. The second-order valence-electron chi connectivity index (χ2n) is 10.3. The van der Waals surface area contributed by atoms with Crippen LogP contribution in [-0.4, -0.2) is 68.0 Å². The maximum Gasteiger partial charge on any atom is 0.253 e. The van der Waals surface area contributed by atoms with E-state index in [4.69, 9.17) is 13.9 Å². The van der Waals surface area contributed by atoms with Crippen LogP contribution in [-0.2, 0) is 12.1 Å². The number of benzene rings is 1. The van der Waals surface area contributed by atoms with Gasteiger partial charge in [-0.2, -0.15) is 0 Å². The van der Waals surface area contributed by atoms with E-state index in [1.807, 2.05) is 35.0 Å². The van der Waals surface area contributed by atoms with Crippen molar-refractivity contribution in [3.63, 3.8) is 0 Å². The summed E-state index contributed by atoms with van der Waals surface area (Å²) in [5, 5.41) is 13.6. The summed E-state index contributed by atoms with van der Waals surface area (Å²) in [6, 6.07) is 9.13. The fourth-order valence-electron chi connectivity index (χ4n) is 4.96. The van der Waals surface area contributed by atoms with Crippen LogP contribution in [0.15, 0.2) is 45.8 Å². The number of hydrogen-bond donors (Lipinski definition) is 1. The zero-order valence-corrected chi connectivity index (χ0v) is 20.6. The lowest BCUT2D eigenvalue weighted by atomic mass is 10.0. The lowest BCUT2D eigenvalue weighted by Gasteiger charge is -2.39. The van der Waals surface area contributed by atoms with Gasteiger partial charge in [-0.3, -0.25) is 14.6 Å². The lowest BCUT2D eigenvalue weighted by molar-refractivity contribution is 0.0931. The first-order valence-electron chi connectivity index (χ1n) is 12.1. The highest BCUT2D eigenvalue weighted by molar-refractivity contribution is 5.83. The Balaban J connectivity index is 1.39. The maximum atomic E-state index is 13.5. The van der Waals surface area contributed by atoms with Gasteiger partial charge in [-0.25, -0.2) is 4.68 Å². The third kappa shape index (κ3) is 4.14. The monoisotopic (exact) mass is 491 g/mol. The summed E-state index contributed by atoms with van der Waals surface area (Å²) >= 11 is 0. The molecule has 1 fully saturated rings. The fraction of sp³-hybridized carbons (Fsp3) is 0.440. The van der Waals surface area contributed by atoms with Crippen LogP contribution in [0.4, 0.5) is 0 Å². The van der Waals surface area contributed by atoms with Crippen LogP contribution in [0.2, 0.25) is 0 Å². The number of furan rings is 1. The van der Waals surface area contributed by atoms with E-state index >= 15 is 0 Å². The van der Waals surface area contributed by atoms with E-state index in [2.05, 4.69) is 51.1 Å².